The van der Waals surface area contributed by atoms with Crippen molar-refractivity contribution in [1.82, 2.24) is 9.97 Å². The molecule has 0 aromatic carbocycles. The second-order valence-electron chi connectivity index (χ2n) is 3.93. The summed E-state index contributed by atoms with van der Waals surface area (Å²) in [4.78, 5) is 20.3. The highest BCUT2D eigenvalue weighted by Gasteiger charge is 2.21. The van der Waals surface area contributed by atoms with E-state index in [9.17, 15) is 4.79 Å². The van der Waals surface area contributed by atoms with Crippen LogP contribution < -0.4 is 16.2 Å². The summed E-state index contributed by atoms with van der Waals surface area (Å²) in [6.07, 6.45) is 5.40. The molecule has 0 spiro atoms. The molecule has 0 amide bonds. The van der Waals surface area contributed by atoms with Gasteiger partial charge in [0, 0.05) is 25.5 Å². The first-order chi connectivity index (χ1) is 7.31. The number of nitrogens with zero attached hydrogens (tertiary/aromatic N) is 2. The number of hydrogen-bond acceptors (Lipinski definition) is 4. The summed E-state index contributed by atoms with van der Waals surface area (Å²) in [5.41, 5.74) is 5.53. The molecular weight excluding hydrogens is 192 g/mol. The van der Waals surface area contributed by atoms with Gasteiger partial charge in [0.2, 0.25) is 0 Å². The van der Waals surface area contributed by atoms with Crippen molar-refractivity contribution in [3.05, 3.63) is 22.7 Å². The fourth-order valence-corrected chi connectivity index (χ4v) is 2.02. The lowest BCUT2D eigenvalue weighted by molar-refractivity contribution is 0.421. The van der Waals surface area contributed by atoms with E-state index in [0.29, 0.717) is 18.3 Å². The van der Waals surface area contributed by atoms with Crippen LogP contribution in [0.25, 0.3) is 0 Å². The minimum Gasteiger partial charge on any atom is -0.352 e. The first-order valence-corrected chi connectivity index (χ1v) is 5.30. The monoisotopic (exact) mass is 208 g/mol. The zero-order valence-electron chi connectivity index (χ0n) is 8.65. The second-order valence-corrected chi connectivity index (χ2v) is 3.93. The Morgan fingerprint density at radius 2 is 2.53 bits per heavy atom. The summed E-state index contributed by atoms with van der Waals surface area (Å²) >= 11 is 0. The molecule has 2 heterocycles. The van der Waals surface area contributed by atoms with Crippen LogP contribution in [0.2, 0.25) is 0 Å². The van der Waals surface area contributed by atoms with Gasteiger partial charge in [-0.1, -0.05) is 0 Å². The Hall–Kier alpha value is -1.36. The van der Waals surface area contributed by atoms with E-state index in [0.717, 1.165) is 25.9 Å². The van der Waals surface area contributed by atoms with Gasteiger partial charge in [-0.05, 0) is 25.3 Å². The molecule has 1 aliphatic heterocycles. The minimum absolute atomic E-state index is 0.116. The van der Waals surface area contributed by atoms with Crippen molar-refractivity contribution < 1.29 is 0 Å². The standard InChI is InChI=1S/C10H16N4O/c11-6-8-2-1-5-14(7-8)9-10(15)13-4-3-12-9/h3-4,8H,1-2,5-7,11H2,(H,13,15)/t8-/m1/s1. The van der Waals surface area contributed by atoms with Gasteiger partial charge in [-0.15, -0.1) is 0 Å². The van der Waals surface area contributed by atoms with Gasteiger partial charge in [0.15, 0.2) is 5.82 Å². The summed E-state index contributed by atoms with van der Waals surface area (Å²) in [7, 11) is 0. The van der Waals surface area contributed by atoms with Crippen molar-refractivity contribution in [2.75, 3.05) is 24.5 Å². The maximum Gasteiger partial charge on any atom is 0.290 e. The van der Waals surface area contributed by atoms with E-state index in [1.165, 1.54) is 0 Å². The maximum absolute atomic E-state index is 11.5. The van der Waals surface area contributed by atoms with Crippen LogP contribution in [0, 0.1) is 5.92 Å². The molecule has 5 nitrogen and oxygen atoms in total. The highest BCUT2D eigenvalue weighted by molar-refractivity contribution is 5.35. The first-order valence-electron chi connectivity index (χ1n) is 5.30. The zero-order valence-corrected chi connectivity index (χ0v) is 8.65. The maximum atomic E-state index is 11.5. The summed E-state index contributed by atoms with van der Waals surface area (Å²) in [6, 6.07) is 0. The molecule has 1 aromatic rings. The van der Waals surface area contributed by atoms with Crippen LogP contribution in [0.15, 0.2) is 17.2 Å². The topological polar surface area (TPSA) is 75.0 Å². The molecular formula is C10H16N4O. The van der Waals surface area contributed by atoms with Gasteiger partial charge in [0.05, 0.1) is 0 Å². The number of nitrogens with two attached hydrogens (primary N) is 1. The Kier molecular flexibility index (Phi) is 3.01. The fourth-order valence-electron chi connectivity index (χ4n) is 2.02. The highest BCUT2D eigenvalue weighted by Crippen LogP contribution is 2.17. The van der Waals surface area contributed by atoms with Crippen molar-refractivity contribution in [2.45, 2.75) is 12.8 Å². The van der Waals surface area contributed by atoms with E-state index in [1.807, 2.05) is 4.90 Å². The van der Waals surface area contributed by atoms with E-state index in [-0.39, 0.29) is 5.56 Å². The minimum atomic E-state index is -0.116. The van der Waals surface area contributed by atoms with Crippen LogP contribution >= 0.6 is 0 Å². The summed E-state index contributed by atoms with van der Waals surface area (Å²) in [5, 5.41) is 0. The average Bonchev–Trinajstić information content (AvgIpc) is 2.30. The van der Waals surface area contributed by atoms with Crippen molar-refractivity contribution in [1.29, 1.82) is 0 Å². The third-order valence-electron chi connectivity index (χ3n) is 2.84. The lowest BCUT2D eigenvalue weighted by atomic mass is 9.98. The molecule has 0 bridgehead atoms. The smallest absolute Gasteiger partial charge is 0.290 e. The van der Waals surface area contributed by atoms with E-state index >= 15 is 0 Å². The van der Waals surface area contributed by atoms with Gasteiger partial charge in [-0.25, -0.2) is 4.98 Å². The lowest BCUT2D eigenvalue weighted by Gasteiger charge is -2.32. The molecule has 5 heteroatoms. The number of H-pyrrole nitrogens is 1. The van der Waals surface area contributed by atoms with E-state index in [4.69, 9.17) is 5.73 Å². The van der Waals surface area contributed by atoms with Crippen LogP contribution in [-0.2, 0) is 0 Å². The second kappa shape index (κ2) is 4.44. The molecule has 0 aliphatic carbocycles. The number of aromatic nitrogens is 2. The highest BCUT2D eigenvalue weighted by atomic mass is 16.1. The summed E-state index contributed by atoms with van der Waals surface area (Å²) < 4.78 is 0. The Bertz CT molecular complexity index is 376. The van der Waals surface area contributed by atoms with Crippen molar-refractivity contribution in [3.8, 4) is 0 Å². The number of hydrogen-bond donors (Lipinski definition) is 2. The molecule has 82 valence electrons. The van der Waals surface area contributed by atoms with Crippen LogP contribution in [0.3, 0.4) is 0 Å². The van der Waals surface area contributed by atoms with Crippen molar-refractivity contribution in [3.63, 3.8) is 0 Å². The molecule has 1 fully saturated rings. The normalized spacial score (nSPS) is 21.7. The third-order valence-corrected chi connectivity index (χ3v) is 2.84. The quantitative estimate of drug-likeness (QED) is 0.714. The van der Waals surface area contributed by atoms with E-state index < -0.39 is 0 Å². The van der Waals surface area contributed by atoms with Gasteiger partial charge < -0.3 is 15.6 Å². The van der Waals surface area contributed by atoms with Crippen LogP contribution in [0.1, 0.15) is 12.8 Å². The Morgan fingerprint density at radius 1 is 1.67 bits per heavy atom. The predicted octanol–water partition coefficient (Wildman–Crippen LogP) is -0.0550. The Balaban J connectivity index is 2.17. The van der Waals surface area contributed by atoms with Crippen LogP contribution in [-0.4, -0.2) is 29.6 Å². The zero-order chi connectivity index (χ0) is 10.7. The Labute approximate surface area is 88.3 Å². The van der Waals surface area contributed by atoms with Crippen molar-refractivity contribution >= 4 is 5.82 Å². The molecule has 3 N–H and O–H groups in total. The molecule has 1 saturated heterocycles. The molecule has 0 saturated carbocycles. The molecule has 15 heavy (non-hydrogen) atoms. The third kappa shape index (κ3) is 2.18. The number of rotatable bonds is 2. The number of aromatic amines is 1. The van der Waals surface area contributed by atoms with E-state index in [2.05, 4.69) is 9.97 Å². The largest absolute Gasteiger partial charge is 0.352 e. The van der Waals surface area contributed by atoms with Gasteiger partial charge in [0.25, 0.3) is 5.56 Å². The summed E-state index contributed by atoms with van der Waals surface area (Å²) in [5.74, 6) is 1.01. The van der Waals surface area contributed by atoms with Crippen LogP contribution in [0.5, 0.6) is 0 Å². The average molecular weight is 208 g/mol. The van der Waals surface area contributed by atoms with Gasteiger partial charge in [-0.3, -0.25) is 4.79 Å². The molecule has 0 radical (unpaired) electrons. The van der Waals surface area contributed by atoms with Crippen LogP contribution in [0.4, 0.5) is 5.82 Å². The molecule has 1 atom stereocenters. The first kappa shape index (κ1) is 10.2. The van der Waals surface area contributed by atoms with E-state index in [1.54, 1.807) is 12.4 Å². The number of nitrogens with one attached hydrogen (secondary N) is 1. The number of piperidine rings is 1. The molecule has 1 aliphatic rings. The fraction of sp³-hybridized carbons (Fsp3) is 0.600. The SMILES string of the molecule is NC[C@H]1CCCN(c2ncc[nH]c2=O)C1. The van der Waals surface area contributed by atoms with Gasteiger partial charge in [0.1, 0.15) is 0 Å². The molecule has 0 unspecified atom stereocenters. The molecule has 2 rings (SSSR count). The van der Waals surface area contributed by atoms with Gasteiger partial charge in [-0.2, -0.15) is 0 Å². The van der Waals surface area contributed by atoms with Crippen molar-refractivity contribution in [2.24, 2.45) is 11.7 Å². The lowest BCUT2D eigenvalue weighted by Crippen LogP contribution is -2.41. The predicted molar refractivity (Wildman–Crippen MR) is 58.8 cm³/mol. The van der Waals surface area contributed by atoms with Gasteiger partial charge >= 0.3 is 0 Å². The Morgan fingerprint density at radius 3 is 3.27 bits per heavy atom. The summed E-state index contributed by atoms with van der Waals surface area (Å²) in [6.45, 7) is 2.43. The molecule has 1 aromatic heterocycles. The number of anilines is 1.